The molecule has 0 aliphatic carbocycles. The topological polar surface area (TPSA) is 86.2 Å². The molecule has 32 heavy (non-hydrogen) atoms. The highest BCUT2D eigenvalue weighted by Gasteiger charge is 2.35. The van der Waals surface area contributed by atoms with Gasteiger partial charge in [0.1, 0.15) is 12.2 Å². The largest absolute Gasteiger partial charge is 0.493 e. The maximum atomic E-state index is 13.0. The molecule has 2 N–H and O–H groups in total. The Balaban J connectivity index is 0.00000512. The first kappa shape index (κ1) is 27.4. The minimum absolute atomic E-state index is 0. The highest BCUT2D eigenvalue weighted by molar-refractivity contribution is 14.0. The van der Waals surface area contributed by atoms with Crippen LogP contribution in [0, 0.1) is 0 Å². The molecule has 0 aliphatic rings. The van der Waals surface area contributed by atoms with Gasteiger partial charge in [0.05, 0.1) is 27.9 Å². The number of hydrogen-bond donors (Lipinski definition) is 2. The van der Waals surface area contributed by atoms with Gasteiger partial charge in [-0.2, -0.15) is 13.2 Å². The number of methoxy groups -OCH3 is 3. The Morgan fingerprint density at radius 2 is 1.72 bits per heavy atom. The molecule has 0 saturated carbocycles. The molecule has 2 aromatic rings. The number of halogens is 4. The molecule has 178 valence electrons. The average molecular weight is 570 g/mol. The summed E-state index contributed by atoms with van der Waals surface area (Å²) in [6, 6.07) is 5.73. The quantitative estimate of drug-likeness (QED) is 0.207. The minimum atomic E-state index is -4.53. The van der Waals surface area contributed by atoms with Crippen molar-refractivity contribution in [3.63, 3.8) is 0 Å². The summed E-state index contributed by atoms with van der Waals surface area (Å²) >= 11 is 0. The van der Waals surface area contributed by atoms with E-state index >= 15 is 0 Å². The van der Waals surface area contributed by atoms with Gasteiger partial charge >= 0.3 is 6.18 Å². The van der Waals surface area contributed by atoms with Crippen LogP contribution in [0.1, 0.15) is 11.1 Å². The second kappa shape index (κ2) is 13.0. The third kappa shape index (κ3) is 7.50. The predicted molar refractivity (Wildman–Crippen MR) is 124 cm³/mol. The number of guanidine groups is 1. The number of hydrogen-bond acceptors (Lipinski definition) is 6. The molecule has 0 unspecified atom stereocenters. The van der Waals surface area contributed by atoms with Crippen LogP contribution in [-0.2, 0) is 12.7 Å². The van der Waals surface area contributed by atoms with Crippen LogP contribution in [0.15, 0.2) is 35.5 Å². The summed E-state index contributed by atoms with van der Waals surface area (Å²) in [6.45, 7) is 0.559. The SMILES string of the molecule is CN=C(NCCOc1ncccc1C(F)(F)F)NCc1cc(OC)c(OC)c(OC)c1.I. The summed E-state index contributed by atoms with van der Waals surface area (Å²) in [5.74, 6) is 1.50. The van der Waals surface area contributed by atoms with E-state index in [9.17, 15) is 13.2 Å². The van der Waals surface area contributed by atoms with Crippen molar-refractivity contribution in [2.24, 2.45) is 4.99 Å². The lowest BCUT2D eigenvalue weighted by Crippen LogP contribution is -2.39. The van der Waals surface area contributed by atoms with Crippen molar-refractivity contribution < 1.29 is 32.1 Å². The van der Waals surface area contributed by atoms with Gasteiger partial charge in [-0.1, -0.05) is 0 Å². The van der Waals surface area contributed by atoms with Gasteiger partial charge in [0.25, 0.3) is 0 Å². The summed E-state index contributed by atoms with van der Waals surface area (Å²) in [6.07, 6.45) is -3.29. The molecule has 1 heterocycles. The molecule has 0 aliphatic heterocycles. The van der Waals surface area contributed by atoms with Crippen molar-refractivity contribution in [2.45, 2.75) is 12.7 Å². The maximum absolute atomic E-state index is 13.0. The number of pyridine rings is 1. The Morgan fingerprint density at radius 3 is 2.25 bits per heavy atom. The Kier molecular flexibility index (Phi) is 11.2. The highest BCUT2D eigenvalue weighted by atomic mass is 127. The molecule has 12 heteroatoms. The summed E-state index contributed by atoms with van der Waals surface area (Å²) in [4.78, 5) is 7.73. The number of benzene rings is 1. The lowest BCUT2D eigenvalue weighted by atomic mass is 10.2. The zero-order valence-corrected chi connectivity index (χ0v) is 20.4. The molecule has 1 aromatic carbocycles. The van der Waals surface area contributed by atoms with E-state index in [0.717, 1.165) is 11.6 Å². The zero-order chi connectivity index (χ0) is 22.9. The fraction of sp³-hybridized carbons (Fsp3) is 0.400. The molecule has 0 bridgehead atoms. The van der Waals surface area contributed by atoms with Crippen molar-refractivity contribution in [2.75, 3.05) is 41.5 Å². The Bertz CT molecular complexity index is 872. The smallest absolute Gasteiger partial charge is 0.421 e. The van der Waals surface area contributed by atoms with Crippen molar-refractivity contribution in [1.82, 2.24) is 15.6 Å². The van der Waals surface area contributed by atoms with E-state index in [0.29, 0.717) is 29.8 Å². The van der Waals surface area contributed by atoms with E-state index in [4.69, 9.17) is 18.9 Å². The van der Waals surface area contributed by atoms with Gasteiger partial charge in [-0.05, 0) is 29.8 Å². The highest BCUT2D eigenvalue weighted by Crippen LogP contribution is 2.38. The van der Waals surface area contributed by atoms with Crippen LogP contribution in [0.5, 0.6) is 23.1 Å². The van der Waals surface area contributed by atoms with Crippen LogP contribution in [0.3, 0.4) is 0 Å². The first-order valence-corrected chi connectivity index (χ1v) is 9.22. The first-order chi connectivity index (χ1) is 14.8. The van der Waals surface area contributed by atoms with Gasteiger partial charge in [-0.15, -0.1) is 24.0 Å². The molecule has 0 amide bonds. The summed E-state index contributed by atoms with van der Waals surface area (Å²) in [5.41, 5.74) is -0.0723. The zero-order valence-electron chi connectivity index (χ0n) is 18.1. The molecule has 0 fully saturated rings. The van der Waals surface area contributed by atoms with Crippen LogP contribution in [0.25, 0.3) is 0 Å². The van der Waals surface area contributed by atoms with Crippen LogP contribution in [0.2, 0.25) is 0 Å². The fourth-order valence-corrected chi connectivity index (χ4v) is 2.68. The number of ether oxygens (including phenoxy) is 4. The number of nitrogens with one attached hydrogen (secondary N) is 2. The Labute approximate surface area is 201 Å². The second-order valence-corrected chi connectivity index (χ2v) is 6.09. The van der Waals surface area contributed by atoms with Gasteiger partial charge in [0.15, 0.2) is 17.5 Å². The van der Waals surface area contributed by atoms with Crippen LogP contribution >= 0.6 is 24.0 Å². The van der Waals surface area contributed by atoms with Crippen molar-refractivity contribution in [1.29, 1.82) is 0 Å². The fourth-order valence-electron chi connectivity index (χ4n) is 2.68. The third-order valence-corrected chi connectivity index (χ3v) is 4.12. The van der Waals surface area contributed by atoms with Crippen molar-refractivity contribution >= 4 is 29.9 Å². The number of nitrogens with zero attached hydrogens (tertiary/aromatic N) is 2. The lowest BCUT2D eigenvalue weighted by molar-refractivity contribution is -0.139. The van der Waals surface area contributed by atoms with E-state index in [1.807, 2.05) is 0 Å². The van der Waals surface area contributed by atoms with Gasteiger partial charge in [0, 0.05) is 19.8 Å². The van der Waals surface area contributed by atoms with Gasteiger partial charge in [-0.3, -0.25) is 4.99 Å². The van der Waals surface area contributed by atoms with Gasteiger partial charge in [0.2, 0.25) is 11.6 Å². The van der Waals surface area contributed by atoms with E-state index in [-0.39, 0.29) is 37.1 Å². The van der Waals surface area contributed by atoms with Crippen LogP contribution < -0.4 is 29.6 Å². The molecule has 0 spiro atoms. The second-order valence-electron chi connectivity index (χ2n) is 6.09. The van der Waals surface area contributed by atoms with E-state index in [1.165, 1.54) is 33.6 Å². The number of aromatic nitrogens is 1. The van der Waals surface area contributed by atoms with Crippen LogP contribution in [0.4, 0.5) is 13.2 Å². The minimum Gasteiger partial charge on any atom is -0.493 e. The summed E-state index contributed by atoms with van der Waals surface area (Å²) in [5, 5.41) is 6.06. The third-order valence-electron chi connectivity index (χ3n) is 4.12. The predicted octanol–water partition coefficient (Wildman–Crippen LogP) is 3.49. The summed E-state index contributed by atoms with van der Waals surface area (Å²) in [7, 11) is 6.15. The lowest BCUT2D eigenvalue weighted by Gasteiger charge is -2.16. The van der Waals surface area contributed by atoms with E-state index in [1.54, 1.807) is 19.2 Å². The number of rotatable bonds is 9. The van der Waals surface area contributed by atoms with Gasteiger partial charge in [-0.25, -0.2) is 4.98 Å². The first-order valence-electron chi connectivity index (χ1n) is 9.22. The Morgan fingerprint density at radius 1 is 1.06 bits per heavy atom. The average Bonchev–Trinajstić information content (AvgIpc) is 2.77. The van der Waals surface area contributed by atoms with Gasteiger partial charge < -0.3 is 29.6 Å². The number of alkyl halides is 3. The maximum Gasteiger partial charge on any atom is 0.421 e. The molecule has 0 atom stereocenters. The molecule has 2 rings (SSSR count). The molecule has 0 radical (unpaired) electrons. The monoisotopic (exact) mass is 570 g/mol. The van der Waals surface area contributed by atoms with Crippen molar-refractivity contribution in [3.05, 3.63) is 41.6 Å². The molecular weight excluding hydrogens is 544 g/mol. The Hall–Kier alpha value is -2.64. The molecule has 8 nitrogen and oxygen atoms in total. The van der Waals surface area contributed by atoms with Crippen LogP contribution in [-0.4, -0.2) is 52.5 Å². The van der Waals surface area contributed by atoms with E-state index < -0.39 is 17.6 Å². The number of aliphatic imine (C=N–C) groups is 1. The summed E-state index contributed by atoms with van der Waals surface area (Å²) < 4.78 is 60.0. The molecule has 1 aromatic heterocycles. The van der Waals surface area contributed by atoms with E-state index in [2.05, 4.69) is 20.6 Å². The molecule has 0 saturated heterocycles. The molecular formula is C20H26F3IN4O4. The standard InChI is InChI=1S/C20H25F3N4O4.HI/c1-24-19(26-8-9-31-18-14(20(21,22)23)6-5-7-25-18)27-12-13-10-15(28-2)17(30-4)16(11-13)29-3;/h5-7,10-11H,8-9,12H2,1-4H3,(H2,24,26,27);1H. The van der Waals surface area contributed by atoms with Crippen molar-refractivity contribution in [3.8, 4) is 23.1 Å². The normalized spacial score (nSPS) is 11.3.